The fourth-order valence-corrected chi connectivity index (χ4v) is 19.2. The number of hydrogen-bond acceptors (Lipinski definition) is 4. The Morgan fingerprint density at radius 3 is 1.23 bits per heavy atom. The first-order valence-electron chi connectivity index (χ1n) is 28.3. The molecule has 16 aromatic rings. The molecule has 10 aromatic carbocycles. The highest BCUT2D eigenvalue weighted by molar-refractivity contribution is 7.26. The summed E-state index contributed by atoms with van der Waals surface area (Å²) in [5.74, 6) is 0. The number of pyridine rings is 2. The highest BCUT2D eigenvalue weighted by Gasteiger charge is 2.38. The van der Waals surface area contributed by atoms with Crippen molar-refractivity contribution in [2.24, 2.45) is 0 Å². The van der Waals surface area contributed by atoms with E-state index in [1.54, 1.807) is 0 Å². The Bertz CT molecular complexity index is 4940. The van der Waals surface area contributed by atoms with Gasteiger partial charge in [0.15, 0.2) is 0 Å². The van der Waals surface area contributed by atoms with Crippen molar-refractivity contribution in [2.45, 2.75) is 32.4 Å². The Hall–Kier alpha value is -9.24. The Kier molecular flexibility index (Phi) is 10.2. The summed E-state index contributed by atoms with van der Waals surface area (Å²) < 4.78 is 9.91. The normalized spacial score (nSPS) is 13.8. The molecule has 0 radical (unpaired) electrons. The maximum Gasteiger partial charge on any atom is 0.113 e. The minimum Gasteiger partial charge on any atom is -0.309 e. The number of rotatable bonds is 4. The first kappa shape index (κ1) is 47.6. The third kappa shape index (κ3) is 6.94. The second-order valence-electron chi connectivity index (χ2n) is 23.3. The van der Waals surface area contributed by atoms with E-state index in [-0.39, 0.29) is 5.41 Å². The van der Waals surface area contributed by atoms with Gasteiger partial charge in [0.1, 0.15) is 8.07 Å². The predicted octanol–water partition coefficient (Wildman–Crippen LogP) is 19.5. The summed E-state index contributed by atoms with van der Waals surface area (Å²) in [7, 11) is -1.81. The van der Waals surface area contributed by atoms with Crippen LogP contribution in [0.3, 0.4) is 0 Å². The van der Waals surface area contributed by atoms with Gasteiger partial charge in [-0.2, -0.15) is 0 Å². The third-order valence-corrected chi connectivity index (χ3v) is 23.9. The van der Waals surface area contributed by atoms with E-state index >= 15 is 0 Å². The monoisotopic (exact) mass is 1100 g/mol. The predicted molar refractivity (Wildman–Crippen MR) is 354 cm³/mol. The maximum atomic E-state index is 4.70. The molecule has 1 aliphatic carbocycles. The number of hydrogen-bond donors (Lipinski definition) is 0. The van der Waals surface area contributed by atoms with Crippen LogP contribution in [-0.4, -0.2) is 27.2 Å². The lowest BCUT2D eigenvalue weighted by molar-refractivity contribution is 0.660. The molecule has 4 nitrogen and oxygen atoms in total. The summed E-state index contributed by atoms with van der Waals surface area (Å²) in [4.78, 5) is 9.40. The lowest BCUT2D eigenvalue weighted by Crippen LogP contribution is -2.49. The summed E-state index contributed by atoms with van der Waals surface area (Å²) in [5, 5.41) is 10.7. The number of fused-ring (bicyclic) bond motifs is 18. The van der Waals surface area contributed by atoms with Gasteiger partial charge in [0.2, 0.25) is 0 Å². The van der Waals surface area contributed by atoms with E-state index in [0.29, 0.717) is 0 Å². The van der Waals surface area contributed by atoms with Crippen molar-refractivity contribution in [3.63, 3.8) is 0 Å². The Balaban J connectivity index is 0.000000130. The minimum absolute atomic E-state index is 0.0556. The Morgan fingerprint density at radius 1 is 0.341 bits per heavy atom. The Labute approximate surface area is 483 Å². The van der Waals surface area contributed by atoms with Crippen molar-refractivity contribution in [1.29, 1.82) is 0 Å². The number of para-hydroxylation sites is 4. The zero-order chi connectivity index (χ0) is 54.6. The van der Waals surface area contributed by atoms with Crippen LogP contribution in [0.4, 0.5) is 0 Å². The number of thiophene rings is 2. The lowest BCUT2D eigenvalue weighted by atomic mass is 9.82. The summed E-state index contributed by atoms with van der Waals surface area (Å²) in [6, 6.07) is 85.5. The second-order valence-corrected chi connectivity index (χ2v) is 29.8. The molecule has 6 aromatic heterocycles. The van der Waals surface area contributed by atoms with Crippen molar-refractivity contribution in [3.05, 3.63) is 254 Å². The molecule has 7 heteroatoms. The molecule has 0 amide bonds. The quantitative estimate of drug-likeness (QED) is 0.165. The van der Waals surface area contributed by atoms with E-state index in [1.165, 1.54) is 151 Å². The smallest absolute Gasteiger partial charge is 0.113 e. The Morgan fingerprint density at radius 2 is 0.720 bits per heavy atom. The van der Waals surface area contributed by atoms with Crippen molar-refractivity contribution < 1.29 is 0 Å². The third-order valence-electron chi connectivity index (χ3n) is 18.1. The molecule has 0 atom stereocenters. The lowest BCUT2D eigenvalue weighted by Gasteiger charge is -2.22. The van der Waals surface area contributed by atoms with Gasteiger partial charge in [-0.15, -0.1) is 22.7 Å². The zero-order valence-electron chi connectivity index (χ0n) is 45.7. The van der Waals surface area contributed by atoms with Crippen LogP contribution in [0.2, 0.25) is 13.1 Å². The summed E-state index contributed by atoms with van der Waals surface area (Å²) >= 11 is 3.63. The van der Waals surface area contributed by atoms with Crippen LogP contribution in [0, 0.1) is 0 Å². The molecule has 0 saturated carbocycles. The van der Waals surface area contributed by atoms with Crippen LogP contribution in [0.25, 0.3) is 140 Å². The average Bonchev–Trinajstić information content (AvgIpc) is 3.70. The molecule has 1 aliphatic heterocycles. The minimum atomic E-state index is -1.81. The molecule has 0 fully saturated rings. The van der Waals surface area contributed by atoms with Crippen molar-refractivity contribution in [2.75, 3.05) is 0 Å². The molecule has 0 spiro atoms. The molecular formula is C75H52N4S2Si. The fraction of sp³-hybridized carbons (Fsp3) is 0.0667. The van der Waals surface area contributed by atoms with Crippen molar-refractivity contribution in [3.8, 4) is 55.9 Å². The van der Waals surface area contributed by atoms with Gasteiger partial charge in [0.25, 0.3) is 0 Å². The van der Waals surface area contributed by atoms with Gasteiger partial charge in [0.05, 0.1) is 42.5 Å². The maximum absolute atomic E-state index is 4.70. The molecule has 388 valence electrons. The van der Waals surface area contributed by atoms with E-state index in [1.807, 2.05) is 47.2 Å². The first-order chi connectivity index (χ1) is 40.2. The van der Waals surface area contributed by atoms with Crippen LogP contribution in [0.1, 0.15) is 25.0 Å². The summed E-state index contributed by atoms with van der Waals surface area (Å²) in [6.45, 7) is 9.69. The molecule has 18 rings (SSSR count). The van der Waals surface area contributed by atoms with Crippen LogP contribution in [0.15, 0.2) is 243 Å². The fourth-order valence-electron chi connectivity index (χ4n) is 14.1. The van der Waals surface area contributed by atoms with Gasteiger partial charge in [-0.25, -0.2) is 0 Å². The number of benzene rings is 10. The van der Waals surface area contributed by atoms with Gasteiger partial charge in [-0.05, 0) is 175 Å². The van der Waals surface area contributed by atoms with Gasteiger partial charge in [-0.1, -0.05) is 148 Å². The van der Waals surface area contributed by atoms with Crippen molar-refractivity contribution in [1.82, 2.24) is 19.1 Å². The molecule has 82 heavy (non-hydrogen) atoms. The number of nitrogens with zero attached hydrogens (tertiary/aromatic N) is 4. The molecule has 0 unspecified atom stereocenters. The molecule has 0 bridgehead atoms. The van der Waals surface area contributed by atoms with E-state index < -0.39 is 8.07 Å². The highest BCUT2D eigenvalue weighted by atomic mass is 32.1. The standard InChI is InChI=1S/C38H26N2S.C37H26N2SSi/c1-38(2)31-16-13-23(24-14-18-35-30(21-24)37-36(41-35)12-7-19-39-37)20-28(31)29-22-25(15-17-32(29)38)40-33-10-5-3-8-26(33)27-9-4-6-11-34(27)40;1-41(2)35-17-14-24(23-13-16-33-30(21-23)37-34(40-33)12-7-19-38-37)20-28(35)29-22-25(15-18-36(29)41)39-31-10-5-3-8-26(31)27-9-4-6-11-32(27)39/h2*3-22H,1-2H3. The van der Waals surface area contributed by atoms with Gasteiger partial charge in [0, 0.05) is 70.9 Å². The van der Waals surface area contributed by atoms with E-state index in [4.69, 9.17) is 9.97 Å². The van der Waals surface area contributed by atoms with E-state index in [2.05, 4.69) is 254 Å². The average molecular weight is 1100 g/mol. The van der Waals surface area contributed by atoms with E-state index in [9.17, 15) is 0 Å². The first-order valence-corrected chi connectivity index (χ1v) is 32.9. The van der Waals surface area contributed by atoms with Crippen LogP contribution >= 0.6 is 22.7 Å². The molecule has 0 saturated heterocycles. The number of aromatic nitrogens is 4. The van der Waals surface area contributed by atoms with Crippen LogP contribution in [0.5, 0.6) is 0 Å². The van der Waals surface area contributed by atoms with E-state index in [0.717, 1.165) is 11.0 Å². The van der Waals surface area contributed by atoms with Crippen LogP contribution in [-0.2, 0) is 5.41 Å². The summed E-state index contributed by atoms with van der Waals surface area (Å²) in [6.07, 6.45) is 3.79. The second kappa shape index (κ2) is 17.6. The zero-order valence-corrected chi connectivity index (χ0v) is 48.3. The van der Waals surface area contributed by atoms with Gasteiger partial charge in [-0.3, -0.25) is 9.97 Å². The largest absolute Gasteiger partial charge is 0.309 e. The SMILES string of the molecule is CC1(C)c2ccc(-c3ccc4sc5cccnc5c4c3)cc2-c2cc(-n3c4ccccc4c4ccccc43)ccc21.C[Si]1(C)c2ccc(-c3ccc4sc5cccnc5c4c3)cc2-c2cc(-n3c4ccccc4c4ccccc43)ccc21. The molecule has 2 aliphatic rings. The highest BCUT2D eigenvalue weighted by Crippen LogP contribution is 2.51. The van der Waals surface area contributed by atoms with Gasteiger partial charge < -0.3 is 9.13 Å². The topological polar surface area (TPSA) is 35.6 Å². The summed E-state index contributed by atoms with van der Waals surface area (Å²) in [5.41, 5.74) is 22.8. The molecule has 0 N–H and O–H groups in total. The van der Waals surface area contributed by atoms with Crippen LogP contribution < -0.4 is 10.4 Å². The van der Waals surface area contributed by atoms with Crippen molar-refractivity contribution >= 4 is 125 Å². The van der Waals surface area contributed by atoms with Gasteiger partial charge >= 0.3 is 0 Å². The molecular weight excluding hydrogens is 1050 g/mol. The molecule has 7 heterocycles.